The first-order valence-corrected chi connectivity index (χ1v) is 8.01. The summed E-state index contributed by atoms with van der Waals surface area (Å²) in [6.07, 6.45) is 1.54. The lowest BCUT2D eigenvalue weighted by molar-refractivity contribution is 0.453. The Kier molecular flexibility index (Phi) is 4.68. The van der Waals surface area contributed by atoms with Gasteiger partial charge in [0.1, 0.15) is 23.1 Å². The van der Waals surface area contributed by atoms with Crippen LogP contribution in [-0.4, -0.2) is 24.4 Å². The number of nitrogens with zero attached hydrogens (tertiary/aromatic N) is 8. The minimum absolute atomic E-state index is 0.0664. The first-order chi connectivity index (χ1) is 12.5. The third-order valence-corrected chi connectivity index (χ3v) is 4.19. The van der Waals surface area contributed by atoms with E-state index >= 15 is 0 Å². The second-order valence-corrected chi connectivity index (χ2v) is 5.83. The lowest BCUT2D eigenvalue weighted by Crippen LogP contribution is -1.86. The molecule has 0 atom stereocenters. The molecule has 0 saturated heterocycles. The van der Waals surface area contributed by atoms with Crippen LogP contribution in [0.3, 0.4) is 0 Å². The highest BCUT2D eigenvalue weighted by molar-refractivity contribution is 7.10. The van der Waals surface area contributed by atoms with Crippen molar-refractivity contribution < 1.29 is 10.2 Å². The van der Waals surface area contributed by atoms with E-state index in [9.17, 15) is 10.2 Å². The van der Waals surface area contributed by atoms with E-state index in [1.54, 1.807) is 26.2 Å². The molecule has 0 aliphatic heterocycles. The lowest BCUT2D eigenvalue weighted by atomic mass is 10.2. The molecule has 130 valence electrons. The maximum absolute atomic E-state index is 10.3. The number of benzene rings is 1. The number of hydrogen-bond acceptors (Lipinski definition) is 10. The number of azo groups is 2. The third kappa shape index (κ3) is 3.26. The molecule has 0 amide bonds. The molecule has 11 heteroatoms. The number of phenols is 2. The van der Waals surface area contributed by atoms with Gasteiger partial charge in [0.25, 0.3) is 0 Å². The minimum atomic E-state index is -0.389. The quantitative estimate of drug-likeness (QED) is 0.659. The van der Waals surface area contributed by atoms with Crippen molar-refractivity contribution in [3.8, 4) is 17.6 Å². The predicted molar refractivity (Wildman–Crippen MR) is 92.9 cm³/mol. The summed E-state index contributed by atoms with van der Waals surface area (Å²) in [4.78, 5) is 0. The first-order valence-electron chi connectivity index (χ1n) is 7.24. The molecule has 0 radical (unpaired) electrons. The fourth-order valence-corrected chi connectivity index (χ4v) is 2.63. The third-order valence-electron chi connectivity index (χ3n) is 3.36. The van der Waals surface area contributed by atoms with Crippen LogP contribution in [0.4, 0.5) is 22.2 Å². The van der Waals surface area contributed by atoms with E-state index in [-0.39, 0.29) is 22.9 Å². The average Bonchev–Trinajstić information content (AvgIpc) is 3.19. The minimum Gasteiger partial charge on any atom is -0.505 e. The maximum atomic E-state index is 10.3. The Morgan fingerprint density at radius 1 is 1.15 bits per heavy atom. The molecule has 0 saturated carbocycles. The summed E-state index contributed by atoms with van der Waals surface area (Å²) in [6, 6.07) is 6.31. The normalized spacial score (nSPS) is 11.4. The van der Waals surface area contributed by atoms with E-state index in [1.165, 1.54) is 16.8 Å². The molecular weight excluding hydrogens is 356 g/mol. The molecule has 0 bridgehead atoms. The smallest absolute Gasteiger partial charge is 0.176 e. The van der Waals surface area contributed by atoms with Gasteiger partial charge in [0.15, 0.2) is 22.3 Å². The van der Waals surface area contributed by atoms with E-state index < -0.39 is 0 Å². The largest absolute Gasteiger partial charge is 0.505 e. The fraction of sp³-hybridized carbons (Fsp3) is 0.133. The maximum Gasteiger partial charge on any atom is 0.176 e. The van der Waals surface area contributed by atoms with Gasteiger partial charge in [-0.15, -0.1) is 20.5 Å². The van der Waals surface area contributed by atoms with Gasteiger partial charge in [-0.3, -0.25) is 0 Å². The summed E-state index contributed by atoms with van der Waals surface area (Å²) in [7, 11) is 1.68. The van der Waals surface area contributed by atoms with Crippen molar-refractivity contribution in [2.75, 3.05) is 0 Å². The zero-order valence-corrected chi connectivity index (χ0v) is 14.5. The van der Waals surface area contributed by atoms with E-state index in [0.717, 1.165) is 11.5 Å². The van der Waals surface area contributed by atoms with Crippen LogP contribution in [0.1, 0.15) is 11.3 Å². The number of hydrogen-bond donors (Lipinski definition) is 2. The van der Waals surface area contributed by atoms with Crippen molar-refractivity contribution in [1.82, 2.24) is 14.2 Å². The molecule has 0 spiro atoms. The Morgan fingerprint density at radius 3 is 2.65 bits per heavy atom. The monoisotopic (exact) mass is 368 g/mol. The standard InChI is InChI=1S/C15H12N8O2S/c1-8-9(7-16)15(26-22-8)21-18-10-3-4-11(24)13(14(10)25)20-19-12-5-6-17-23(12)2/h3-6,24-25H,1-2H3/b20-19+,21-18+. The Morgan fingerprint density at radius 2 is 1.96 bits per heavy atom. The number of aromatic hydroxyl groups is 2. The van der Waals surface area contributed by atoms with Crippen LogP contribution in [0.15, 0.2) is 44.9 Å². The predicted octanol–water partition coefficient (Wildman–Crippen LogP) is 4.30. The number of aromatic nitrogens is 3. The Hall–Kier alpha value is -3.65. The molecule has 26 heavy (non-hydrogen) atoms. The van der Waals surface area contributed by atoms with Gasteiger partial charge in [-0.1, -0.05) is 0 Å². The van der Waals surface area contributed by atoms with Crippen molar-refractivity contribution in [2.24, 2.45) is 27.5 Å². The molecule has 1 aromatic carbocycles. The highest BCUT2D eigenvalue weighted by atomic mass is 32.1. The molecule has 0 aliphatic carbocycles. The summed E-state index contributed by atoms with van der Waals surface area (Å²) < 4.78 is 5.52. The van der Waals surface area contributed by atoms with E-state index in [4.69, 9.17) is 5.26 Å². The molecule has 2 N–H and O–H groups in total. The SMILES string of the molecule is Cc1nsc(/N=N/c2ccc(O)c(/N=N/c3ccnn3C)c2O)c1C#N. The molecule has 10 nitrogen and oxygen atoms in total. The van der Waals surface area contributed by atoms with Crippen LogP contribution in [0, 0.1) is 18.3 Å². The van der Waals surface area contributed by atoms with E-state index in [2.05, 4.69) is 29.9 Å². The summed E-state index contributed by atoms with van der Waals surface area (Å²) in [6.45, 7) is 1.70. The van der Waals surface area contributed by atoms with Gasteiger partial charge in [-0.25, -0.2) is 4.68 Å². The van der Waals surface area contributed by atoms with Gasteiger partial charge < -0.3 is 10.2 Å². The molecule has 0 fully saturated rings. The molecule has 0 unspecified atom stereocenters. The first kappa shape index (κ1) is 17.2. The fourth-order valence-electron chi connectivity index (χ4n) is 1.96. The van der Waals surface area contributed by atoms with Gasteiger partial charge in [0.05, 0.1) is 11.9 Å². The molecule has 3 aromatic rings. The molecule has 2 aromatic heterocycles. The highest BCUT2D eigenvalue weighted by Crippen LogP contribution is 2.44. The second kappa shape index (κ2) is 7.08. The van der Waals surface area contributed by atoms with Crippen molar-refractivity contribution in [3.63, 3.8) is 0 Å². The lowest BCUT2D eigenvalue weighted by Gasteiger charge is -2.03. The number of nitriles is 1. The topological polar surface area (TPSA) is 144 Å². The zero-order chi connectivity index (χ0) is 18.7. The summed E-state index contributed by atoms with van der Waals surface area (Å²) in [5.74, 6) is -0.215. The number of rotatable bonds is 4. The molecule has 2 heterocycles. The molecule has 0 aliphatic rings. The Bertz CT molecular complexity index is 1060. The second-order valence-electron chi connectivity index (χ2n) is 5.07. The zero-order valence-electron chi connectivity index (χ0n) is 13.7. The van der Waals surface area contributed by atoms with Crippen molar-refractivity contribution in [3.05, 3.63) is 35.7 Å². The summed E-state index contributed by atoms with van der Waals surface area (Å²) in [5.41, 5.74) is 0.806. The number of aryl methyl sites for hydroxylation is 2. The van der Waals surface area contributed by atoms with Crippen molar-refractivity contribution >= 4 is 33.7 Å². The van der Waals surface area contributed by atoms with Crippen molar-refractivity contribution in [2.45, 2.75) is 6.92 Å². The summed E-state index contributed by atoms with van der Waals surface area (Å²) in [5, 5.41) is 49.3. The average molecular weight is 368 g/mol. The van der Waals surface area contributed by atoms with Gasteiger partial charge in [-0.05, 0) is 30.6 Å². The van der Waals surface area contributed by atoms with Gasteiger partial charge >= 0.3 is 0 Å². The Balaban J connectivity index is 1.95. The summed E-state index contributed by atoms with van der Waals surface area (Å²) >= 11 is 1.03. The van der Waals surface area contributed by atoms with Crippen LogP contribution < -0.4 is 0 Å². The van der Waals surface area contributed by atoms with Gasteiger partial charge in [-0.2, -0.15) is 14.7 Å². The van der Waals surface area contributed by atoms with Gasteiger partial charge in [0, 0.05) is 13.1 Å². The van der Waals surface area contributed by atoms with Crippen LogP contribution in [-0.2, 0) is 7.05 Å². The van der Waals surface area contributed by atoms with Crippen molar-refractivity contribution in [1.29, 1.82) is 5.26 Å². The molecular formula is C15H12N8O2S. The van der Waals surface area contributed by atoms with E-state index in [1.807, 2.05) is 6.07 Å². The Labute approximate surface area is 151 Å². The van der Waals surface area contributed by atoms with E-state index in [0.29, 0.717) is 22.1 Å². The van der Waals surface area contributed by atoms with Gasteiger partial charge in [0.2, 0.25) is 0 Å². The number of phenolic OH excluding ortho intramolecular Hbond substituents is 2. The van der Waals surface area contributed by atoms with Crippen LogP contribution >= 0.6 is 11.5 Å². The van der Waals surface area contributed by atoms with Crippen LogP contribution in [0.5, 0.6) is 11.5 Å². The van der Waals surface area contributed by atoms with Crippen LogP contribution in [0.2, 0.25) is 0 Å². The van der Waals surface area contributed by atoms with Crippen LogP contribution in [0.25, 0.3) is 0 Å². The molecule has 3 rings (SSSR count). The highest BCUT2D eigenvalue weighted by Gasteiger charge is 2.14.